The molecule has 2 heterocycles. The van der Waals surface area contributed by atoms with Crippen LogP contribution >= 0.6 is 22.6 Å². The molecule has 3 rings (SSSR count). The number of carbonyl (C=O) groups excluding carboxylic acids is 1. The molecule has 0 aliphatic carbocycles. The van der Waals surface area contributed by atoms with Gasteiger partial charge in [-0.25, -0.2) is 4.39 Å². The number of rotatable bonds is 3. The molecule has 0 radical (unpaired) electrons. The molecule has 2 aromatic rings. The lowest BCUT2D eigenvalue weighted by molar-refractivity contribution is 0.102. The van der Waals surface area contributed by atoms with E-state index in [0.717, 1.165) is 31.6 Å². The number of hydrogen-bond acceptors (Lipinski definition) is 3. The zero-order valence-corrected chi connectivity index (χ0v) is 14.7. The first-order valence-electron chi connectivity index (χ1n) is 7.61. The molecule has 1 aliphatic heterocycles. The van der Waals surface area contributed by atoms with Gasteiger partial charge in [-0.05, 0) is 60.1 Å². The molecule has 0 spiro atoms. The van der Waals surface area contributed by atoms with E-state index in [9.17, 15) is 9.18 Å². The van der Waals surface area contributed by atoms with Crippen LogP contribution in [0.5, 0.6) is 0 Å². The van der Waals surface area contributed by atoms with Gasteiger partial charge in [0.25, 0.3) is 5.91 Å². The minimum absolute atomic E-state index is 0.307. The lowest BCUT2D eigenvalue weighted by Crippen LogP contribution is -2.30. The van der Waals surface area contributed by atoms with Crippen LogP contribution in [0.4, 0.5) is 15.8 Å². The molecule has 1 aliphatic rings. The van der Waals surface area contributed by atoms with Crippen LogP contribution in [0, 0.1) is 9.39 Å². The first-order chi connectivity index (χ1) is 11.2. The van der Waals surface area contributed by atoms with Crippen LogP contribution in [0.25, 0.3) is 0 Å². The summed E-state index contributed by atoms with van der Waals surface area (Å²) in [6.07, 6.45) is 6.95. The van der Waals surface area contributed by atoms with Crippen molar-refractivity contribution in [3.63, 3.8) is 0 Å². The Kier molecular flexibility index (Phi) is 5.09. The SMILES string of the molecule is O=C(Nc1ccncc1N1CCCCC1)c1cccc(F)c1I. The molecule has 0 unspecified atom stereocenters. The Balaban J connectivity index is 1.85. The van der Waals surface area contributed by atoms with E-state index in [1.165, 1.54) is 12.5 Å². The summed E-state index contributed by atoms with van der Waals surface area (Å²) in [5.74, 6) is -0.692. The smallest absolute Gasteiger partial charge is 0.256 e. The Morgan fingerprint density at radius 2 is 2.00 bits per heavy atom. The zero-order chi connectivity index (χ0) is 16.2. The van der Waals surface area contributed by atoms with Crippen molar-refractivity contribution in [2.24, 2.45) is 0 Å². The largest absolute Gasteiger partial charge is 0.369 e. The van der Waals surface area contributed by atoms with Crippen molar-refractivity contribution >= 4 is 39.9 Å². The number of amides is 1. The third kappa shape index (κ3) is 3.63. The van der Waals surface area contributed by atoms with E-state index in [1.807, 2.05) is 22.6 Å². The molecule has 1 amide bonds. The van der Waals surface area contributed by atoms with Crippen LogP contribution in [0.3, 0.4) is 0 Å². The van der Waals surface area contributed by atoms with Gasteiger partial charge in [0.2, 0.25) is 0 Å². The van der Waals surface area contributed by atoms with Crippen LogP contribution in [-0.2, 0) is 0 Å². The van der Waals surface area contributed by atoms with Crippen LogP contribution < -0.4 is 10.2 Å². The van der Waals surface area contributed by atoms with Crippen LogP contribution in [0.2, 0.25) is 0 Å². The number of anilines is 2. The van der Waals surface area contributed by atoms with E-state index < -0.39 is 0 Å². The third-order valence-electron chi connectivity index (χ3n) is 3.94. The quantitative estimate of drug-likeness (QED) is 0.755. The van der Waals surface area contributed by atoms with Gasteiger partial charge in [-0.3, -0.25) is 9.78 Å². The van der Waals surface area contributed by atoms with E-state index in [0.29, 0.717) is 14.8 Å². The summed E-state index contributed by atoms with van der Waals surface area (Å²) in [6.45, 7) is 1.93. The maximum absolute atomic E-state index is 13.6. The van der Waals surface area contributed by atoms with E-state index in [-0.39, 0.29) is 11.7 Å². The Hall–Kier alpha value is -1.70. The van der Waals surface area contributed by atoms with Gasteiger partial charge in [0.15, 0.2) is 0 Å². The highest BCUT2D eigenvalue weighted by Gasteiger charge is 2.18. The second-order valence-corrected chi connectivity index (χ2v) is 6.57. The van der Waals surface area contributed by atoms with Crippen molar-refractivity contribution in [3.05, 3.63) is 51.6 Å². The van der Waals surface area contributed by atoms with Crippen molar-refractivity contribution in [2.75, 3.05) is 23.3 Å². The topological polar surface area (TPSA) is 45.2 Å². The van der Waals surface area contributed by atoms with E-state index in [1.54, 1.807) is 30.6 Å². The molecule has 0 bridgehead atoms. The van der Waals surface area contributed by atoms with Crippen molar-refractivity contribution in [1.82, 2.24) is 4.98 Å². The van der Waals surface area contributed by atoms with Gasteiger partial charge >= 0.3 is 0 Å². The van der Waals surface area contributed by atoms with Gasteiger partial charge in [-0.15, -0.1) is 0 Å². The maximum Gasteiger partial charge on any atom is 0.256 e. The molecule has 6 heteroatoms. The summed E-state index contributed by atoms with van der Waals surface area (Å²) in [5, 5.41) is 2.90. The number of aromatic nitrogens is 1. The molecule has 0 atom stereocenters. The van der Waals surface area contributed by atoms with Crippen LogP contribution in [0.1, 0.15) is 29.6 Å². The average Bonchev–Trinajstić information content (AvgIpc) is 2.58. The lowest BCUT2D eigenvalue weighted by atomic mass is 10.1. The first-order valence-corrected chi connectivity index (χ1v) is 8.69. The Morgan fingerprint density at radius 3 is 2.78 bits per heavy atom. The molecular weight excluding hydrogens is 408 g/mol. The molecule has 1 saturated heterocycles. The predicted octanol–water partition coefficient (Wildman–Crippen LogP) is 4.07. The summed E-state index contributed by atoms with van der Waals surface area (Å²) < 4.78 is 14.0. The normalized spacial score (nSPS) is 14.6. The molecule has 1 N–H and O–H groups in total. The highest BCUT2D eigenvalue weighted by atomic mass is 127. The van der Waals surface area contributed by atoms with Crippen molar-refractivity contribution in [2.45, 2.75) is 19.3 Å². The molecular formula is C17H17FIN3O. The van der Waals surface area contributed by atoms with Gasteiger partial charge in [0.05, 0.1) is 26.7 Å². The number of nitrogens with one attached hydrogen (secondary N) is 1. The van der Waals surface area contributed by atoms with Crippen molar-refractivity contribution in [1.29, 1.82) is 0 Å². The second kappa shape index (κ2) is 7.25. The number of carbonyl (C=O) groups is 1. The summed E-state index contributed by atoms with van der Waals surface area (Å²) in [6, 6.07) is 6.31. The standard InChI is InChI=1S/C17H17FIN3O/c18-13-6-4-5-12(16(13)19)17(23)21-14-7-8-20-11-15(14)22-9-2-1-3-10-22/h4-8,11H,1-3,9-10H2,(H,20,21,23). The van der Waals surface area contributed by atoms with Crippen molar-refractivity contribution < 1.29 is 9.18 Å². The molecule has 4 nitrogen and oxygen atoms in total. The number of benzene rings is 1. The third-order valence-corrected chi connectivity index (χ3v) is 5.04. The molecule has 1 aromatic heterocycles. The fourth-order valence-corrected chi connectivity index (χ4v) is 3.35. The summed E-state index contributed by atoms with van der Waals surface area (Å²) >= 11 is 1.86. The lowest BCUT2D eigenvalue weighted by Gasteiger charge is -2.30. The number of halogens is 2. The van der Waals surface area contributed by atoms with Gasteiger partial charge < -0.3 is 10.2 Å². The molecule has 23 heavy (non-hydrogen) atoms. The van der Waals surface area contributed by atoms with E-state index in [4.69, 9.17) is 0 Å². The minimum atomic E-state index is -0.385. The molecule has 120 valence electrons. The van der Waals surface area contributed by atoms with Gasteiger partial charge in [-0.1, -0.05) is 6.07 Å². The van der Waals surface area contributed by atoms with Gasteiger partial charge in [-0.2, -0.15) is 0 Å². The molecule has 1 aromatic carbocycles. The number of hydrogen-bond donors (Lipinski definition) is 1. The van der Waals surface area contributed by atoms with E-state index in [2.05, 4.69) is 15.2 Å². The van der Waals surface area contributed by atoms with Gasteiger partial charge in [0, 0.05) is 19.3 Å². The maximum atomic E-state index is 13.6. The molecule has 1 fully saturated rings. The minimum Gasteiger partial charge on any atom is -0.369 e. The Bertz CT molecular complexity index is 717. The first kappa shape index (κ1) is 16.2. The summed E-state index contributed by atoms with van der Waals surface area (Å²) in [5.41, 5.74) is 1.98. The zero-order valence-electron chi connectivity index (χ0n) is 12.6. The van der Waals surface area contributed by atoms with E-state index >= 15 is 0 Å². The summed E-state index contributed by atoms with van der Waals surface area (Å²) in [4.78, 5) is 18.9. The molecule has 0 saturated carbocycles. The Morgan fingerprint density at radius 1 is 1.22 bits per heavy atom. The average molecular weight is 425 g/mol. The Labute approximate surface area is 148 Å². The van der Waals surface area contributed by atoms with Crippen molar-refractivity contribution in [3.8, 4) is 0 Å². The highest BCUT2D eigenvalue weighted by Crippen LogP contribution is 2.28. The number of nitrogens with zero attached hydrogens (tertiary/aromatic N) is 2. The highest BCUT2D eigenvalue weighted by molar-refractivity contribution is 14.1. The fraction of sp³-hybridized carbons (Fsp3) is 0.294. The number of pyridine rings is 1. The fourth-order valence-electron chi connectivity index (χ4n) is 2.75. The summed E-state index contributed by atoms with van der Waals surface area (Å²) in [7, 11) is 0. The second-order valence-electron chi connectivity index (χ2n) is 5.50. The van der Waals surface area contributed by atoms with Gasteiger partial charge in [0.1, 0.15) is 5.82 Å². The van der Waals surface area contributed by atoms with Crippen LogP contribution in [0.15, 0.2) is 36.7 Å². The monoisotopic (exact) mass is 425 g/mol. The predicted molar refractivity (Wildman–Crippen MR) is 97.4 cm³/mol. The number of piperidine rings is 1. The van der Waals surface area contributed by atoms with Crippen LogP contribution in [-0.4, -0.2) is 24.0 Å².